The fourth-order valence-electron chi connectivity index (χ4n) is 2.42. The molecule has 1 fully saturated rings. The average molecular weight is 150 g/mol. The first-order chi connectivity index (χ1) is 5.45. The Morgan fingerprint density at radius 2 is 1.82 bits per heavy atom. The predicted molar refractivity (Wildman–Crippen MR) is 48.5 cm³/mol. The molecular formula is C11H18. The van der Waals surface area contributed by atoms with E-state index in [-0.39, 0.29) is 0 Å². The zero-order chi connectivity index (χ0) is 7.52. The van der Waals surface area contributed by atoms with Crippen LogP contribution in [0.15, 0.2) is 11.6 Å². The van der Waals surface area contributed by atoms with Gasteiger partial charge in [-0.3, -0.25) is 0 Å². The molecule has 0 radical (unpaired) electrons. The second kappa shape index (κ2) is 3.42. The van der Waals surface area contributed by atoms with Crippen LogP contribution < -0.4 is 0 Å². The number of allylic oxidation sites excluding steroid dienone is 2. The van der Waals surface area contributed by atoms with Crippen molar-refractivity contribution in [3.8, 4) is 0 Å². The summed E-state index contributed by atoms with van der Waals surface area (Å²) in [7, 11) is 0. The van der Waals surface area contributed by atoms with Crippen LogP contribution in [0, 0.1) is 5.92 Å². The van der Waals surface area contributed by atoms with E-state index in [4.69, 9.17) is 0 Å². The summed E-state index contributed by atoms with van der Waals surface area (Å²) in [5.41, 5.74) is 1.77. The third-order valence-corrected chi connectivity index (χ3v) is 3.25. The Balaban J connectivity index is 2.03. The minimum atomic E-state index is 1.09. The molecule has 0 aromatic carbocycles. The van der Waals surface area contributed by atoms with E-state index in [1.165, 1.54) is 51.4 Å². The van der Waals surface area contributed by atoms with Crippen LogP contribution in [0.5, 0.6) is 0 Å². The lowest BCUT2D eigenvalue weighted by Gasteiger charge is -2.22. The van der Waals surface area contributed by atoms with Gasteiger partial charge in [0.05, 0.1) is 0 Å². The van der Waals surface area contributed by atoms with Crippen molar-refractivity contribution in [2.45, 2.75) is 51.4 Å². The number of hydrogen-bond acceptors (Lipinski definition) is 0. The topological polar surface area (TPSA) is 0 Å². The Kier molecular flexibility index (Phi) is 2.30. The molecule has 2 bridgehead atoms. The van der Waals surface area contributed by atoms with Gasteiger partial charge >= 0.3 is 0 Å². The van der Waals surface area contributed by atoms with E-state index >= 15 is 0 Å². The van der Waals surface area contributed by atoms with Crippen molar-refractivity contribution in [3.05, 3.63) is 11.6 Å². The first-order valence-corrected chi connectivity index (χ1v) is 5.13. The van der Waals surface area contributed by atoms with Crippen LogP contribution in [0.1, 0.15) is 51.4 Å². The van der Waals surface area contributed by atoms with E-state index in [2.05, 4.69) is 6.08 Å². The van der Waals surface area contributed by atoms with Gasteiger partial charge in [-0.05, 0) is 44.4 Å². The van der Waals surface area contributed by atoms with Crippen molar-refractivity contribution < 1.29 is 0 Å². The molecule has 11 heavy (non-hydrogen) atoms. The molecule has 0 aliphatic heterocycles. The number of rotatable bonds is 0. The third kappa shape index (κ3) is 1.85. The minimum absolute atomic E-state index is 1.09. The molecule has 62 valence electrons. The Morgan fingerprint density at radius 1 is 1.00 bits per heavy atom. The van der Waals surface area contributed by atoms with Gasteiger partial charge in [-0.1, -0.05) is 24.5 Å². The molecule has 1 saturated carbocycles. The molecule has 0 nitrogen and oxygen atoms in total. The largest absolute Gasteiger partial charge is 0.0853 e. The Labute approximate surface area is 69.7 Å². The molecule has 3 aliphatic rings. The van der Waals surface area contributed by atoms with E-state index in [0.29, 0.717) is 0 Å². The van der Waals surface area contributed by atoms with Crippen molar-refractivity contribution in [3.63, 3.8) is 0 Å². The maximum absolute atomic E-state index is 2.52. The van der Waals surface area contributed by atoms with E-state index in [1.54, 1.807) is 5.57 Å². The smallest absolute Gasteiger partial charge is 0.0318 e. The molecule has 0 saturated heterocycles. The zero-order valence-electron chi connectivity index (χ0n) is 7.31. The van der Waals surface area contributed by atoms with Crippen LogP contribution >= 0.6 is 0 Å². The predicted octanol–water partition coefficient (Wildman–Crippen LogP) is 3.68. The van der Waals surface area contributed by atoms with E-state index in [9.17, 15) is 0 Å². The molecule has 0 heteroatoms. The highest BCUT2D eigenvalue weighted by Crippen LogP contribution is 2.33. The van der Waals surface area contributed by atoms with E-state index in [0.717, 1.165) is 5.92 Å². The minimum Gasteiger partial charge on any atom is -0.0853 e. The van der Waals surface area contributed by atoms with Gasteiger partial charge in [0.2, 0.25) is 0 Å². The van der Waals surface area contributed by atoms with Crippen molar-refractivity contribution >= 4 is 0 Å². The van der Waals surface area contributed by atoms with Gasteiger partial charge in [-0.25, -0.2) is 0 Å². The van der Waals surface area contributed by atoms with E-state index in [1.807, 2.05) is 0 Å². The third-order valence-electron chi connectivity index (χ3n) is 3.25. The van der Waals surface area contributed by atoms with Crippen molar-refractivity contribution in [2.75, 3.05) is 0 Å². The van der Waals surface area contributed by atoms with Gasteiger partial charge in [0, 0.05) is 0 Å². The van der Waals surface area contributed by atoms with Crippen LogP contribution in [0.4, 0.5) is 0 Å². The first-order valence-electron chi connectivity index (χ1n) is 5.13. The fourth-order valence-corrected chi connectivity index (χ4v) is 2.42. The van der Waals surface area contributed by atoms with Crippen LogP contribution in [0.2, 0.25) is 0 Å². The van der Waals surface area contributed by atoms with Crippen LogP contribution in [-0.2, 0) is 0 Å². The Hall–Kier alpha value is -0.260. The maximum atomic E-state index is 2.52. The molecule has 3 rings (SSSR count). The average Bonchev–Trinajstić information content (AvgIpc) is 2.21. The number of hydrogen-bond donors (Lipinski definition) is 0. The van der Waals surface area contributed by atoms with Crippen molar-refractivity contribution in [1.29, 1.82) is 0 Å². The fraction of sp³-hybridized carbons (Fsp3) is 0.818. The standard InChI is InChI=1S/C11H18/c1-2-4-10-6-8-11(5-3-1)9-7-10/h4,11H,1-3,5-9H2. The molecule has 0 unspecified atom stereocenters. The summed E-state index contributed by atoms with van der Waals surface area (Å²) in [6, 6.07) is 0. The highest BCUT2D eigenvalue weighted by molar-refractivity contribution is 5.05. The number of fused-ring (bicyclic) bond motifs is 6. The van der Waals surface area contributed by atoms with Gasteiger partial charge in [0.25, 0.3) is 0 Å². The molecule has 0 N–H and O–H groups in total. The quantitative estimate of drug-likeness (QED) is 0.462. The van der Waals surface area contributed by atoms with Gasteiger partial charge in [-0.15, -0.1) is 0 Å². The summed E-state index contributed by atoms with van der Waals surface area (Å²) in [5.74, 6) is 1.09. The molecule has 0 heterocycles. The second-order valence-electron chi connectivity index (χ2n) is 4.09. The van der Waals surface area contributed by atoms with Crippen LogP contribution in [-0.4, -0.2) is 0 Å². The highest BCUT2D eigenvalue weighted by Gasteiger charge is 2.16. The summed E-state index contributed by atoms with van der Waals surface area (Å²) < 4.78 is 0. The van der Waals surface area contributed by atoms with E-state index < -0.39 is 0 Å². The monoisotopic (exact) mass is 150 g/mol. The lowest BCUT2D eigenvalue weighted by atomic mass is 9.84. The molecular weight excluding hydrogens is 132 g/mol. The lowest BCUT2D eigenvalue weighted by molar-refractivity contribution is 0.377. The Morgan fingerprint density at radius 3 is 2.64 bits per heavy atom. The summed E-state index contributed by atoms with van der Waals surface area (Å²) >= 11 is 0. The highest BCUT2D eigenvalue weighted by atomic mass is 14.2. The van der Waals surface area contributed by atoms with Gasteiger partial charge < -0.3 is 0 Å². The molecule has 3 aliphatic carbocycles. The summed E-state index contributed by atoms with van der Waals surface area (Å²) in [6.07, 6.45) is 14.1. The molecule has 0 aromatic rings. The lowest BCUT2D eigenvalue weighted by Crippen LogP contribution is -2.06. The molecule has 0 atom stereocenters. The molecule has 0 amide bonds. The zero-order valence-corrected chi connectivity index (χ0v) is 7.31. The van der Waals surface area contributed by atoms with Crippen molar-refractivity contribution in [2.24, 2.45) is 5.92 Å². The molecule has 0 aromatic heterocycles. The second-order valence-corrected chi connectivity index (χ2v) is 4.09. The van der Waals surface area contributed by atoms with Crippen LogP contribution in [0.25, 0.3) is 0 Å². The Bertz CT molecular complexity index is 145. The normalized spacial score (nSPS) is 32.0. The summed E-state index contributed by atoms with van der Waals surface area (Å²) in [5, 5.41) is 0. The SMILES string of the molecule is C1=C2CCC(CCCC1)CC2. The van der Waals surface area contributed by atoms with Gasteiger partial charge in [0.15, 0.2) is 0 Å². The maximum Gasteiger partial charge on any atom is -0.0318 e. The van der Waals surface area contributed by atoms with Crippen molar-refractivity contribution in [1.82, 2.24) is 0 Å². The summed E-state index contributed by atoms with van der Waals surface area (Å²) in [6.45, 7) is 0. The summed E-state index contributed by atoms with van der Waals surface area (Å²) in [4.78, 5) is 0. The molecule has 0 spiro atoms. The van der Waals surface area contributed by atoms with Gasteiger partial charge in [-0.2, -0.15) is 0 Å². The van der Waals surface area contributed by atoms with Gasteiger partial charge in [0.1, 0.15) is 0 Å². The first kappa shape index (κ1) is 7.39. The van der Waals surface area contributed by atoms with Crippen LogP contribution in [0.3, 0.4) is 0 Å².